The van der Waals surface area contributed by atoms with E-state index < -0.39 is 115 Å². The van der Waals surface area contributed by atoms with Gasteiger partial charge in [0.25, 0.3) is 0 Å². The van der Waals surface area contributed by atoms with Crippen LogP contribution in [0.4, 0.5) is 0 Å². The molecule has 66 heavy (non-hydrogen) atoms. The van der Waals surface area contributed by atoms with Crippen molar-refractivity contribution >= 4 is 58.3 Å². The average Bonchev–Trinajstić information content (AvgIpc) is 3.96. The molecule has 1 aliphatic heterocycles. The van der Waals surface area contributed by atoms with Gasteiger partial charge in [-0.1, -0.05) is 64.4 Å². The number of benzene rings is 2. The molecule has 6 amide bonds. The molecular formula is C46H64N8O12. The number of phenols is 1. The van der Waals surface area contributed by atoms with Crippen molar-refractivity contribution in [2.24, 2.45) is 11.8 Å². The van der Waals surface area contributed by atoms with Crippen molar-refractivity contribution in [3.63, 3.8) is 0 Å². The number of aliphatic hydroxyl groups is 1. The minimum absolute atomic E-state index is 0.0377. The van der Waals surface area contributed by atoms with Gasteiger partial charge in [0.05, 0.1) is 12.1 Å². The zero-order valence-corrected chi connectivity index (χ0v) is 37.9. The SMILES string of the molecule is CC[C@H](C)[C@H](NC(=O)[C@@H](NC(=O)[C@@H]1CCCN1)[C@@H](C)O)C(=O)N[C@@H](CC(C)C)C(=O)N[C@@H](CCC(=O)O)C(=O)N[C@@H](Cc1c[nH]c2ccccc12)C(=O)N[C@@H](Cc1ccc(O)cc1)C(=O)O. The number of carboxylic acids is 2. The smallest absolute Gasteiger partial charge is 0.326 e. The fraction of sp³-hybridized carbons (Fsp3) is 0.522. The first-order chi connectivity index (χ1) is 31.3. The van der Waals surface area contributed by atoms with Crippen LogP contribution in [0.3, 0.4) is 0 Å². The van der Waals surface area contributed by atoms with Crippen molar-refractivity contribution in [2.75, 3.05) is 6.54 Å². The molecule has 12 N–H and O–H groups in total. The Labute approximate surface area is 382 Å². The minimum Gasteiger partial charge on any atom is -0.508 e. The van der Waals surface area contributed by atoms with E-state index in [1.807, 2.05) is 0 Å². The van der Waals surface area contributed by atoms with Gasteiger partial charge in [-0.15, -0.1) is 0 Å². The number of aromatic amines is 1. The third-order valence-electron chi connectivity index (χ3n) is 11.6. The van der Waals surface area contributed by atoms with E-state index in [9.17, 15) is 58.8 Å². The first-order valence-corrected chi connectivity index (χ1v) is 22.3. The molecule has 1 aromatic heterocycles. The molecule has 0 saturated carbocycles. The van der Waals surface area contributed by atoms with Crippen LogP contribution in [0.5, 0.6) is 5.75 Å². The predicted molar refractivity (Wildman–Crippen MR) is 242 cm³/mol. The van der Waals surface area contributed by atoms with Gasteiger partial charge in [0, 0.05) is 36.4 Å². The lowest BCUT2D eigenvalue weighted by Gasteiger charge is -2.30. The summed E-state index contributed by atoms with van der Waals surface area (Å²) in [6, 6.07) is 3.90. The number of hydrogen-bond acceptors (Lipinski definition) is 11. The molecule has 2 heterocycles. The van der Waals surface area contributed by atoms with E-state index in [1.54, 1.807) is 58.2 Å². The van der Waals surface area contributed by atoms with Crippen LogP contribution < -0.4 is 37.2 Å². The van der Waals surface area contributed by atoms with Gasteiger partial charge in [0.15, 0.2) is 0 Å². The third kappa shape index (κ3) is 15.3. The highest BCUT2D eigenvalue weighted by molar-refractivity contribution is 5.98. The molecule has 3 aromatic rings. The number of aromatic nitrogens is 1. The summed E-state index contributed by atoms with van der Waals surface area (Å²) in [5.74, 6) is -8.22. The van der Waals surface area contributed by atoms with Crippen molar-refractivity contribution in [1.82, 2.24) is 42.2 Å². The number of carbonyl (C=O) groups excluding carboxylic acids is 6. The van der Waals surface area contributed by atoms with Crippen molar-refractivity contribution in [2.45, 2.75) is 134 Å². The normalized spacial score (nSPS) is 17.2. The maximum atomic E-state index is 14.2. The van der Waals surface area contributed by atoms with E-state index in [2.05, 4.69) is 42.2 Å². The number of amides is 6. The van der Waals surface area contributed by atoms with Crippen molar-refractivity contribution in [1.29, 1.82) is 0 Å². The van der Waals surface area contributed by atoms with Crippen LogP contribution in [0.1, 0.15) is 84.3 Å². The third-order valence-corrected chi connectivity index (χ3v) is 11.6. The fourth-order valence-corrected chi connectivity index (χ4v) is 7.63. The topological polar surface area (TPSA) is 317 Å². The Morgan fingerprint density at radius 2 is 1.32 bits per heavy atom. The highest BCUT2D eigenvalue weighted by Crippen LogP contribution is 2.20. The van der Waals surface area contributed by atoms with Gasteiger partial charge in [0.1, 0.15) is 42.0 Å². The Morgan fingerprint density at radius 1 is 0.712 bits per heavy atom. The molecular weight excluding hydrogens is 857 g/mol. The maximum Gasteiger partial charge on any atom is 0.326 e. The Balaban J connectivity index is 1.58. The number of para-hydroxylation sites is 1. The lowest BCUT2D eigenvalue weighted by Crippen LogP contribution is -2.62. The average molecular weight is 921 g/mol. The maximum absolute atomic E-state index is 14.2. The second-order valence-corrected chi connectivity index (χ2v) is 17.3. The number of rotatable bonds is 25. The van der Waals surface area contributed by atoms with Crippen LogP contribution in [-0.2, 0) is 51.2 Å². The van der Waals surface area contributed by atoms with E-state index in [4.69, 9.17) is 0 Å². The van der Waals surface area contributed by atoms with Crippen molar-refractivity contribution in [3.05, 3.63) is 65.9 Å². The van der Waals surface area contributed by atoms with Crippen LogP contribution in [0.15, 0.2) is 54.7 Å². The van der Waals surface area contributed by atoms with E-state index >= 15 is 0 Å². The minimum atomic E-state index is -1.57. The predicted octanol–water partition coefficient (Wildman–Crippen LogP) is 0.742. The lowest BCUT2D eigenvalue weighted by atomic mass is 9.96. The number of nitrogens with one attached hydrogen (secondary N) is 8. The van der Waals surface area contributed by atoms with E-state index in [0.29, 0.717) is 35.9 Å². The highest BCUT2D eigenvalue weighted by atomic mass is 16.4. The summed E-state index contributed by atoms with van der Waals surface area (Å²) < 4.78 is 0. The summed E-state index contributed by atoms with van der Waals surface area (Å²) in [6.07, 6.45) is 0.685. The summed E-state index contributed by atoms with van der Waals surface area (Å²) in [4.78, 5) is 110. The molecule has 9 atom stereocenters. The molecule has 2 aromatic carbocycles. The summed E-state index contributed by atoms with van der Waals surface area (Å²) in [7, 11) is 0. The molecule has 0 bridgehead atoms. The molecule has 20 heteroatoms. The number of hydrogen-bond donors (Lipinski definition) is 12. The van der Waals surface area contributed by atoms with E-state index in [0.717, 1.165) is 11.9 Å². The van der Waals surface area contributed by atoms with E-state index in [1.165, 1.54) is 31.2 Å². The zero-order valence-electron chi connectivity index (χ0n) is 37.9. The van der Waals surface area contributed by atoms with Crippen LogP contribution in [0, 0.1) is 11.8 Å². The van der Waals surface area contributed by atoms with Gasteiger partial charge in [-0.3, -0.25) is 33.6 Å². The Morgan fingerprint density at radius 3 is 1.92 bits per heavy atom. The number of aliphatic carboxylic acids is 2. The molecule has 1 saturated heterocycles. The largest absolute Gasteiger partial charge is 0.508 e. The molecule has 0 spiro atoms. The molecule has 20 nitrogen and oxygen atoms in total. The summed E-state index contributed by atoms with van der Waals surface area (Å²) in [5, 5.41) is 59.2. The Hall–Kier alpha value is -6.54. The molecule has 1 fully saturated rings. The van der Waals surface area contributed by atoms with Crippen LogP contribution >= 0.6 is 0 Å². The molecule has 0 radical (unpaired) electrons. The van der Waals surface area contributed by atoms with E-state index in [-0.39, 0.29) is 30.9 Å². The fourth-order valence-electron chi connectivity index (χ4n) is 7.63. The molecule has 0 unspecified atom stereocenters. The Kier molecular flexibility index (Phi) is 19.5. The number of fused-ring (bicyclic) bond motifs is 1. The Bertz CT molecular complexity index is 2170. The van der Waals surface area contributed by atoms with Gasteiger partial charge in [-0.25, -0.2) is 4.79 Å². The second-order valence-electron chi connectivity index (χ2n) is 17.3. The van der Waals surface area contributed by atoms with Gasteiger partial charge in [-0.05, 0) is 80.3 Å². The van der Waals surface area contributed by atoms with Crippen LogP contribution in [0.2, 0.25) is 0 Å². The van der Waals surface area contributed by atoms with Crippen LogP contribution in [0.25, 0.3) is 10.9 Å². The number of carbonyl (C=O) groups is 8. The van der Waals surface area contributed by atoms with Crippen molar-refractivity contribution in [3.8, 4) is 5.75 Å². The molecule has 4 rings (SSSR count). The summed E-state index contributed by atoms with van der Waals surface area (Å²) in [6.45, 7) is 8.99. The summed E-state index contributed by atoms with van der Waals surface area (Å²) in [5.41, 5.74) is 1.79. The summed E-state index contributed by atoms with van der Waals surface area (Å²) >= 11 is 0. The lowest BCUT2D eigenvalue weighted by molar-refractivity contribution is -0.142. The van der Waals surface area contributed by atoms with Gasteiger partial charge < -0.3 is 62.6 Å². The quantitative estimate of drug-likeness (QED) is 0.0559. The number of H-pyrrole nitrogens is 1. The first kappa shape index (κ1) is 52.1. The highest BCUT2D eigenvalue weighted by Gasteiger charge is 2.37. The van der Waals surface area contributed by atoms with Crippen molar-refractivity contribution < 1.29 is 58.8 Å². The van der Waals surface area contributed by atoms with Crippen LogP contribution in [-0.4, -0.2) is 128 Å². The van der Waals surface area contributed by atoms with Gasteiger partial charge >= 0.3 is 11.9 Å². The second kappa shape index (κ2) is 24.7. The molecule has 0 aliphatic carbocycles. The standard InChI is InChI=1S/C46H64N8O12/c1-6-25(4)38(53-45(64)39(26(5)55)54-40(59)32-12-9-19-47-32)44(63)51-34(20-24(2)3)42(61)49-33(17-18-37(57)58)41(60)50-35(22-28-23-48-31-11-8-7-10-30(28)31)43(62)52-36(46(65)66)21-27-13-15-29(56)16-14-27/h7-8,10-11,13-16,23-26,32-36,38-39,47-48,55-56H,6,9,12,17-22H2,1-5H3,(H,49,61)(H,50,60)(H,51,63)(H,52,62)(H,53,64)(H,54,59)(H,57,58)(H,65,66)/t25-,26+,32-,33-,34-,35-,36-,38-,39-/m0/s1. The molecule has 360 valence electrons. The number of carboxylic acid groups (broad SMARTS) is 2. The van der Waals surface area contributed by atoms with Gasteiger partial charge in [0.2, 0.25) is 35.4 Å². The number of aromatic hydroxyl groups is 1. The zero-order chi connectivity index (χ0) is 48.7. The first-order valence-electron chi connectivity index (χ1n) is 22.3. The number of aliphatic hydroxyl groups excluding tert-OH is 1. The van der Waals surface area contributed by atoms with Gasteiger partial charge in [-0.2, -0.15) is 0 Å². The number of phenolic OH excluding ortho intramolecular Hbond substituents is 1. The monoisotopic (exact) mass is 920 g/mol. The molecule has 1 aliphatic rings.